The lowest BCUT2D eigenvalue weighted by molar-refractivity contribution is -0.119. The fourth-order valence-electron chi connectivity index (χ4n) is 2.22. The number of alkyl halides is 1. The third-order valence-corrected chi connectivity index (χ3v) is 4.94. The van der Waals surface area contributed by atoms with Crippen LogP contribution in [-0.2, 0) is 14.8 Å². The van der Waals surface area contributed by atoms with E-state index in [1.165, 1.54) is 12.1 Å². The van der Waals surface area contributed by atoms with Crippen molar-refractivity contribution in [2.75, 3.05) is 0 Å². The molecule has 0 heterocycles. The van der Waals surface area contributed by atoms with Gasteiger partial charge in [0.25, 0.3) is 0 Å². The quantitative estimate of drug-likeness (QED) is 0.858. The van der Waals surface area contributed by atoms with Crippen LogP contribution in [0.25, 0.3) is 0 Å². The molecule has 0 unspecified atom stereocenters. The highest BCUT2D eigenvalue weighted by molar-refractivity contribution is 7.89. The van der Waals surface area contributed by atoms with Crippen LogP contribution in [0.5, 0.6) is 0 Å². The molecule has 0 aromatic heterocycles. The molecule has 19 heavy (non-hydrogen) atoms. The van der Waals surface area contributed by atoms with Gasteiger partial charge in [0.2, 0.25) is 10.0 Å². The van der Waals surface area contributed by atoms with E-state index in [2.05, 4.69) is 4.72 Å². The number of rotatable bonds is 4. The number of hydrogen-bond acceptors (Lipinski definition) is 3. The molecule has 0 saturated heterocycles. The third kappa shape index (κ3) is 3.39. The van der Waals surface area contributed by atoms with Crippen LogP contribution in [0.4, 0.5) is 4.39 Å². The molecule has 6 heteroatoms. The summed E-state index contributed by atoms with van der Waals surface area (Å²) in [6.45, 7) is 0. The van der Waals surface area contributed by atoms with Crippen molar-refractivity contribution < 1.29 is 17.6 Å². The average Bonchev–Trinajstić information content (AvgIpc) is 2.42. The largest absolute Gasteiger partial charge is 0.300 e. The van der Waals surface area contributed by atoms with Crippen molar-refractivity contribution in [2.24, 2.45) is 0 Å². The van der Waals surface area contributed by atoms with Crippen molar-refractivity contribution >= 4 is 16.3 Å². The number of sulfonamides is 1. The number of carbonyl (C=O) groups is 1. The SMILES string of the molecule is O=CC1(F)CCC(NS(=O)(=O)c2ccccc2)CC1. The third-order valence-electron chi connectivity index (χ3n) is 3.40. The lowest BCUT2D eigenvalue weighted by Crippen LogP contribution is -2.42. The zero-order chi connectivity index (χ0) is 13.9. The molecule has 104 valence electrons. The number of nitrogens with one attached hydrogen (secondary N) is 1. The Balaban J connectivity index is 2.02. The second-order valence-corrected chi connectivity index (χ2v) is 6.58. The van der Waals surface area contributed by atoms with Crippen molar-refractivity contribution in [3.05, 3.63) is 30.3 Å². The van der Waals surface area contributed by atoms with Crippen LogP contribution in [0, 0.1) is 0 Å². The highest BCUT2D eigenvalue weighted by Crippen LogP contribution is 2.30. The maximum Gasteiger partial charge on any atom is 0.240 e. The first kappa shape index (κ1) is 14.1. The topological polar surface area (TPSA) is 63.2 Å². The summed E-state index contributed by atoms with van der Waals surface area (Å²) in [7, 11) is -3.56. The van der Waals surface area contributed by atoms with Crippen molar-refractivity contribution in [2.45, 2.75) is 42.3 Å². The maximum atomic E-state index is 13.7. The Bertz CT molecular complexity index is 536. The Morgan fingerprint density at radius 3 is 2.32 bits per heavy atom. The van der Waals surface area contributed by atoms with E-state index in [1.807, 2.05) is 0 Å². The minimum absolute atomic E-state index is 0.0679. The van der Waals surface area contributed by atoms with E-state index in [-0.39, 0.29) is 23.8 Å². The monoisotopic (exact) mass is 285 g/mol. The Morgan fingerprint density at radius 1 is 1.21 bits per heavy atom. The minimum atomic E-state index is -3.56. The Kier molecular flexibility index (Phi) is 4.01. The van der Waals surface area contributed by atoms with Gasteiger partial charge >= 0.3 is 0 Å². The second kappa shape index (κ2) is 5.38. The number of aldehydes is 1. The molecule has 0 amide bonds. The molecule has 1 aromatic rings. The number of halogens is 1. The Labute approximate surface area is 112 Å². The van der Waals surface area contributed by atoms with Crippen molar-refractivity contribution in [1.82, 2.24) is 4.72 Å². The summed E-state index contributed by atoms with van der Waals surface area (Å²) < 4.78 is 40.4. The molecule has 0 radical (unpaired) electrons. The molecule has 1 fully saturated rings. The summed E-state index contributed by atoms with van der Waals surface area (Å²) in [4.78, 5) is 10.8. The molecule has 1 aliphatic carbocycles. The van der Waals surface area contributed by atoms with Crippen LogP contribution in [0.15, 0.2) is 35.2 Å². The van der Waals surface area contributed by atoms with Gasteiger partial charge in [-0.15, -0.1) is 0 Å². The highest BCUT2D eigenvalue weighted by Gasteiger charge is 2.36. The lowest BCUT2D eigenvalue weighted by Gasteiger charge is -2.30. The van der Waals surface area contributed by atoms with Gasteiger partial charge in [-0.3, -0.25) is 4.79 Å². The van der Waals surface area contributed by atoms with E-state index in [0.717, 1.165) is 0 Å². The van der Waals surface area contributed by atoms with Crippen LogP contribution in [0.3, 0.4) is 0 Å². The van der Waals surface area contributed by atoms with Gasteiger partial charge in [-0.05, 0) is 37.8 Å². The molecular weight excluding hydrogens is 269 g/mol. The molecule has 2 rings (SSSR count). The Morgan fingerprint density at radius 2 is 1.79 bits per heavy atom. The van der Waals surface area contributed by atoms with Crippen molar-refractivity contribution in [1.29, 1.82) is 0 Å². The van der Waals surface area contributed by atoms with Crippen LogP contribution in [0.1, 0.15) is 25.7 Å². The smallest absolute Gasteiger partial charge is 0.240 e. The van der Waals surface area contributed by atoms with Gasteiger partial charge in [0.15, 0.2) is 12.0 Å². The average molecular weight is 285 g/mol. The summed E-state index contributed by atoms with van der Waals surface area (Å²) in [5.74, 6) is 0. The molecule has 0 spiro atoms. The molecule has 0 atom stereocenters. The molecule has 0 aliphatic heterocycles. The van der Waals surface area contributed by atoms with Gasteiger partial charge in [0.05, 0.1) is 4.90 Å². The predicted octanol–water partition coefficient (Wildman–Crippen LogP) is 1.81. The van der Waals surface area contributed by atoms with E-state index < -0.39 is 15.7 Å². The Hall–Kier alpha value is -1.27. The predicted molar refractivity (Wildman–Crippen MR) is 68.9 cm³/mol. The van der Waals surface area contributed by atoms with Gasteiger partial charge in [0, 0.05) is 6.04 Å². The summed E-state index contributed by atoms with van der Waals surface area (Å²) in [5.41, 5.74) is -1.78. The molecule has 4 nitrogen and oxygen atoms in total. The van der Waals surface area contributed by atoms with Crippen molar-refractivity contribution in [3.63, 3.8) is 0 Å². The van der Waals surface area contributed by atoms with Crippen LogP contribution in [-0.4, -0.2) is 26.4 Å². The zero-order valence-corrected chi connectivity index (χ0v) is 11.2. The summed E-state index contributed by atoms with van der Waals surface area (Å²) in [6, 6.07) is 7.74. The zero-order valence-electron chi connectivity index (χ0n) is 10.4. The molecular formula is C13H16FNO3S. The number of benzene rings is 1. The van der Waals surface area contributed by atoms with Crippen LogP contribution < -0.4 is 4.72 Å². The fraction of sp³-hybridized carbons (Fsp3) is 0.462. The van der Waals surface area contributed by atoms with Crippen molar-refractivity contribution in [3.8, 4) is 0 Å². The summed E-state index contributed by atoms with van der Waals surface area (Å²) in [5, 5.41) is 0. The van der Waals surface area contributed by atoms with E-state index in [1.54, 1.807) is 18.2 Å². The fourth-order valence-corrected chi connectivity index (χ4v) is 3.55. The highest BCUT2D eigenvalue weighted by atomic mass is 32.2. The van der Waals surface area contributed by atoms with Gasteiger partial charge in [-0.2, -0.15) is 0 Å². The van der Waals surface area contributed by atoms with Gasteiger partial charge in [-0.25, -0.2) is 17.5 Å². The van der Waals surface area contributed by atoms with Gasteiger partial charge in [0.1, 0.15) is 0 Å². The second-order valence-electron chi connectivity index (χ2n) is 4.86. The van der Waals surface area contributed by atoms with Crippen LogP contribution >= 0.6 is 0 Å². The van der Waals surface area contributed by atoms with E-state index >= 15 is 0 Å². The first-order valence-corrected chi connectivity index (χ1v) is 7.66. The van der Waals surface area contributed by atoms with E-state index in [0.29, 0.717) is 19.1 Å². The van der Waals surface area contributed by atoms with E-state index in [4.69, 9.17) is 0 Å². The normalized spacial score (nSPS) is 27.9. The summed E-state index contributed by atoms with van der Waals surface area (Å²) in [6.07, 6.45) is 1.13. The number of carbonyl (C=O) groups excluding carboxylic acids is 1. The lowest BCUT2D eigenvalue weighted by atomic mass is 9.85. The molecule has 1 saturated carbocycles. The molecule has 1 N–H and O–H groups in total. The van der Waals surface area contributed by atoms with Crippen LogP contribution in [0.2, 0.25) is 0 Å². The first-order chi connectivity index (χ1) is 8.95. The number of hydrogen-bond donors (Lipinski definition) is 1. The first-order valence-electron chi connectivity index (χ1n) is 6.18. The molecule has 1 aliphatic rings. The van der Waals surface area contributed by atoms with E-state index in [9.17, 15) is 17.6 Å². The molecule has 1 aromatic carbocycles. The van der Waals surface area contributed by atoms with Gasteiger partial charge in [-0.1, -0.05) is 18.2 Å². The minimum Gasteiger partial charge on any atom is -0.300 e. The summed E-state index contributed by atoms with van der Waals surface area (Å²) >= 11 is 0. The maximum absolute atomic E-state index is 13.7. The standard InChI is InChI=1S/C13H16FNO3S/c14-13(10-16)8-6-11(7-9-13)15-19(17,18)12-4-2-1-3-5-12/h1-5,10-11,15H,6-9H2. The molecule has 0 bridgehead atoms. The van der Waals surface area contributed by atoms with Gasteiger partial charge < -0.3 is 0 Å².